The summed E-state index contributed by atoms with van der Waals surface area (Å²) in [5, 5.41) is 7.22. The minimum atomic E-state index is 0. The number of rotatable bonds is 2. The molecule has 19 heavy (non-hydrogen) atoms. The smallest absolute Gasteiger partial charge is 0.0728 e. The van der Waals surface area contributed by atoms with E-state index in [0.29, 0.717) is 0 Å². The van der Waals surface area contributed by atoms with Gasteiger partial charge in [0.05, 0.1) is 11.9 Å². The number of H-pyrrole nitrogens is 1. The van der Waals surface area contributed by atoms with Crippen molar-refractivity contribution >= 4 is 0 Å². The topological polar surface area (TPSA) is 28.7 Å². The van der Waals surface area contributed by atoms with E-state index in [1.807, 2.05) is 56.4 Å². The van der Waals surface area contributed by atoms with Crippen LogP contribution in [0.5, 0.6) is 0 Å². The van der Waals surface area contributed by atoms with Gasteiger partial charge in [-0.3, -0.25) is 5.10 Å². The second-order valence-corrected chi connectivity index (χ2v) is 3.89. The molecule has 3 aromatic rings. The van der Waals surface area contributed by atoms with Gasteiger partial charge in [-0.1, -0.05) is 74.5 Å². The molecule has 0 bridgehead atoms. The molecule has 0 aliphatic rings. The first-order valence-corrected chi connectivity index (χ1v) is 6.59. The number of aromatic amines is 1. The first-order chi connectivity index (χ1) is 9.45. The number of nitrogens with zero attached hydrogens (tertiary/aromatic N) is 1. The molecule has 0 amide bonds. The molecule has 0 radical (unpaired) electrons. The quantitative estimate of drug-likeness (QED) is 0.682. The van der Waals surface area contributed by atoms with Gasteiger partial charge in [0.15, 0.2) is 0 Å². The molecular weight excluding hydrogens is 232 g/mol. The van der Waals surface area contributed by atoms with E-state index in [1.165, 1.54) is 5.56 Å². The maximum atomic E-state index is 4.15. The Morgan fingerprint density at radius 2 is 1.32 bits per heavy atom. The number of hydrogen-bond donors (Lipinski definition) is 1. The average molecular weight is 252 g/mol. The fourth-order valence-electron chi connectivity index (χ4n) is 1.95. The van der Waals surface area contributed by atoms with E-state index in [0.717, 1.165) is 16.8 Å². The van der Waals surface area contributed by atoms with Crippen LogP contribution in [0.4, 0.5) is 0 Å². The number of benzene rings is 2. The van der Waals surface area contributed by atoms with Crippen LogP contribution in [0.25, 0.3) is 22.4 Å². The Balaban J connectivity index is 0.000000639. The van der Waals surface area contributed by atoms with Gasteiger partial charge < -0.3 is 0 Å². The zero-order valence-electron chi connectivity index (χ0n) is 11.3. The van der Waals surface area contributed by atoms with Crippen LogP contribution in [-0.2, 0) is 0 Å². The van der Waals surface area contributed by atoms with Crippen LogP contribution in [0, 0.1) is 0 Å². The van der Waals surface area contributed by atoms with Gasteiger partial charge in [0.25, 0.3) is 0 Å². The van der Waals surface area contributed by atoms with Gasteiger partial charge in [-0.15, -0.1) is 0 Å². The average Bonchev–Trinajstić information content (AvgIpc) is 3.01. The molecule has 0 atom stereocenters. The summed E-state index contributed by atoms with van der Waals surface area (Å²) in [6.45, 7) is 4.00. The second-order valence-electron chi connectivity index (χ2n) is 3.89. The van der Waals surface area contributed by atoms with Crippen molar-refractivity contribution in [1.82, 2.24) is 10.2 Å². The summed E-state index contributed by atoms with van der Waals surface area (Å²) in [5.41, 5.74) is 4.54. The normalized spacial score (nSPS) is 9.58. The van der Waals surface area contributed by atoms with E-state index in [2.05, 4.69) is 34.5 Å². The summed E-state index contributed by atoms with van der Waals surface area (Å²) in [6, 6.07) is 20.5. The zero-order valence-corrected chi connectivity index (χ0v) is 11.3. The highest BCUT2D eigenvalue weighted by molar-refractivity contribution is 5.80. The Kier molecular flexibility index (Phi) is 4.51. The Bertz CT molecular complexity index is 549. The monoisotopic (exact) mass is 252 g/mol. The largest absolute Gasteiger partial charge is 0.277 e. The van der Waals surface area contributed by atoms with Crippen molar-refractivity contribution in [1.29, 1.82) is 0 Å². The van der Waals surface area contributed by atoms with Gasteiger partial charge in [-0.05, 0) is 5.56 Å². The minimum absolute atomic E-state index is 0. The van der Waals surface area contributed by atoms with Crippen molar-refractivity contribution in [3.63, 3.8) is 0 Å². The molecule has 0 aliphatic carbocycles. The molecule has 1 aromatic heterocycles. The molecule has 2 heteroatoms. The Hall–Kier alpha value is -2.35. The third-order valence-electron chi connectivity index (χ3n) is 2.79. The highest BCUT2D eigenvalue weighted by Gasteiger charge is 2.08. The fourth-order valence-corrected chi connectivity index (χ4v) is 1.95. The van der Waals surface area contributed by atoms with Gasteiger partial charge in [0.1, 0.15) is 0 Å². The molecule has 0 unspecified atom stereocenters. The minimum Gasteiger partial charge on any atom is -0.277 e. The SMILES string of the molecule is CC.[HH].c1ccc(-c2cn[nH]c2-c2ccccc2)cc1. The maximum absolute atomic E-state index is 4.15. The van der Waals surface area contributed by atoms with Crippen LogP contribution in [-0.4, -0.2) is 10.2 Å². The molecule has 0 aliphatic heterocycles. The van der Waals surface area contributed by atoms with Crippen molar-refractivity contribution < 1.29 is 1.43 Å². The summed E-state index contributed by atoms with van der Waals surface area (Å²) in [7, 11) is 0. The zero-order chi connectivity index (χ0) is 13.5. The van der Waals surface area contributed by atoms with E-state index in [4.69, 9.17) is 0 Å². The molecule has 0 fully saturated rings. The van der Waals surface area contributed by atoms with E-state index in [-0.39, 0.29) is 1.43 Å². The molecule has 0 saturated heterocycles. The standard InChI is InChI=1S/C15H12N2.C2H6.H2/c1-3-7-12(8-4-1)14-11-16-17-15(14)13-9-5-2-6-10-13;1-2;/h1-11H,(H,16,17);1-2H3;1H. The van der Waals surface area contributed by atoms with Crippen molar-refractivity contribution in [3.05, 3.63) is 66.9 Å². The van der Waals surface area contributed by atoms with Gasteiger partial charge in [-0.25, -0.2) is 0 Å². The van der Waals surface area contributed by atoms with Crippen LogP contribution >= 0.6 is 0 Å². The van der Waals surface area contributed by atoms with Gasteiger partial charge >= 0.3 is 0 Å². The van der Waals surface area contributed by atoms with Crippen LogP contribution in [0.15, 0.2) is 66.9 Å². The maximum Gasteiger partial charge on any atom is 0.0728 e. The van der Waals surface area contributed by atoms with Crippen molar-refractivity contribution in [3.8, 4) is 22.4 Å². The molecule has 0 spiro atoms. The van der Waals surface area contributed by atoms with Gasteiger partial charge in [0, 0.05) is 12.6 Å². The summed E-state index contributed by atoms with van der Waals surface area (Å²) in [4.78, 5) is 0. The van der Waals surface area contributed by atoms with Crippen LogP contribution in [0.3, 0.4) is 0 Å². The first-order valence-electron chi connectivity index (χ1n) is 6.59. The third-order valence-corrected chi connectivity index (χ3v) is 2.79. The second kappa shape index (κ2) is 6.55. The number of nitrogens with one attached hydrogen (secondary N) is 1. The van der Waals surface area contributed by atoms with Crippen molar-refractivity contribution in [2.45, 2.75) is 13.8 Å². The molecule has 1 N–H and O–H groups in total. The first kappa shape index (κ1) is 13.1. The van der Waals surface area contributed by atoms with Gasteiger partial charge in [0.2, 0.25) is 0 Å². The molecule has 2 aromatic carbocycles. The Labute approximate surface area is 115 Å². The highest BCUT2D eigenvalue weighted by atomic mass is 15.1. The van der Waals surface area contributed by atoms with E-state index < -0.39 is 0 Å². The lowest BCUT2D eigenvalue weighted by molar-refractivity contribution is 1.10. The summed E-state index contributed by atoms with van der Waals surface area (Å²) < 4.78 is 0. The predicted molar refractivity (Wildman–Crippen MR) is 82.9 cm³/mol. The predicted octanol–water partition coefficient (Wildman–Crippen LogP) is 5.02. The molecular formula is C17H20N2. The molecule has 2 nitrogen and oxygen atoms in total. The molecule has 0 saturated carbocycles. The summed E-state index contributed by atoms with van der Waals surface area (Å²) >= 11 is 0. The number of hydrogen-bond acceptors (Lipinski definition) is 1. The molecule has 3 rings (SSSR count). The lowest BCUT2D eigenvalue weighted by Gasteiger charge is -2.02. The van der Waals surface area contributed by atoms with E-state index in [9.17, 15) is 0 Å². The van der Waals surface area contributed by atoms with Crippen molar-refractivity contribution in [2.24, 2.45) is 0 Å². The third kappa shape index (κ3) is 2.91. The fraction of sp³-hybridized carbons (Fsp3) is 0.118. The molecule has 1 heterocycles. The Morgan fingerprint density at radius 3 is 1.89 bits per heavy atom. The summed E-state index contributed by atoms with van der Waals surface area (Å²) in [5.74, 6) is 0. The van der Waals surface area contributed by atoms with Crippen molar-refractivity contribution in [2.75, 3.05) is 0 Å². The van der Waals surface area contributed by atoms with Gasteiger partial charge in [-0.2, -0.15) is 5.10 Å². The lowest BCUT2D eigenvalue weighted by Crippen LogP contribution is -1.81. The highest BCUT2D eigenvalue weighted by Crippen LogP contribution is 2.29. The van der Waals surface area contributed by atoms with E-state index in [1.54, 1.807) is 0 Å². The lowest BCUT2D eigenvalue weighted by atomic mass is 10.0. The number of aromatic nitrogens is 2. The Morgan fingerprint density at radius 1 is 0.789 bits per heavy atom. The van der Waals surface area contributed by atoms with E-state index >= 15 is 0 Å². The van der Waals surface area contributed by atoms with Crippen LogP contribution in [0.2, 0.25) is 0 Å². The molecule has 98 valence electrons. The van der Waals surface area contributed by atoms with Crippen LogP contribution in [0.1, 0.15) is 15.3 Å². The summed E-state index contributed by atoms with van der Waals surface area (Å²) in [6.07, 6.45) is 1.87. The van der Waals surface area contributed by atoms with Crippen LogP contribution < -0.4 is 0 Å².